The molecule has 0 aliphatic carbocycles. The van der Waals surface area contributed by atoms with Crippen LogP contribution in [0.15, 0.2) is 6.20 Å². The minimum atomic E-state index is 0.562. The summed E-state index contributed by atoms with van der Waals surface area (Å²) in [6, 6.07) is 0. The van der Waals surface area contributed by atoms with Gasteiger partial charge in [-0.2, -0.15) is 0 Å². The highest BCUT2D eigenvalue weighted by atomic mass is 32.1. The molecule has 2 N–H and O–H groups in total. The zero-order valence-corrected chi connectivity index (χ0v) is 8.40. The van der Waals surface area contributed by atoms with Crippen LogP contribution in [0.1, 0.15) is 9.88 Å². The largest absolute Gasteiger partial charge is 0.325 e. The van der Waals surface area contributed by atoms with Gasteiger partial charge in [-0.15, -0.1) is 11.3 Å². The van der Waals surface area contributed by atoms with E-state index in [-0.39, 0.29) is 0 Å². The smallest absolute Gasteiger partial charge is 0.106 e. The summed E-state index contributed by atoms with van der Waals surface area (Å²) in [6.45, 7) is 1.64. The Labute approximate surface area is 77.2 Å². The van der Waals surface area contributed by atoms with Gasteiger partial charge in [0, 0.05) is 24.2 Å². The van der Waals surface area contributed by atoms with Crippen LogP contribution in [0.4, 0.5) is 0 Å². The van der Waals surface area contributed by atoms with Crippen molar-refractivity contribution in [1.29, 1.82) is 0 Å². The summed E-state index contributed by atoms with van der Waals surface area (Å²) in [5.74, 6) is 0. The SMILES string of the molecule is CN(C)CCc1cnc(CN)s1. The van der Waals surface area contributed by atoms with Crippen LogP contribution in [-0.2, 0) is 13.0 Å². The molecule has 0 unspecified atom stereocenters. The Hall–Kier alpha value is -0.450. The van der Waals surface area contributed by atoms with Crippen molar-refractivity contribution in [3.05, 3.63) is 16.1 Å². The Morgan fingerprint density at radius 2 is 2.33 bits per heavy atom. The maximum Gasteiger partial charge on any atom is 0.106 e. The molecule has 0 radical (unpaired) electrons. The fourth-order valence-electron chi connectivity index (χ4n) is 0.892. The third-order valence-electron chi connectivity index (χ3n) is 1.58. The number of likely N-dealkylation sites (N-methyl/N-ethyl adjacent to an activating group) is 1. The molecule has 0 atom stereocenters. The van der Waals surface area contributed by atoms with Crippen molar-refractivity contribution in [3.8, 4) is 0 Å². The first-order valence-corrected chi connectivity index (χ1v) is 4.82. The third kappa shape index (κ3) is 2.89. The van der Waals surface area contributed by atoms with Gasteiger partial charge in [0.1, 0.15) is 5.01 Å². The van der Waals surface area contributed by atoms with E-state index in [2.05, 4.69) is 24.0 Å². The summed E-state index contributed by atoms with van der Waals surface area (Å²) in [5.41, 5.74) is 5.46. The molecule has 0 bridgehead atoms. The predicted molar refractivity (Wildman–Crippen MR) is 52.3 cm³/mol. The second-order valence-electron chi connectivity index (χ2n) is 2.98. The Bertz CT molecular complexity index is 232. The molecule has 0 fully saturated rings. The van der Waals surface area contributed by atoms with Gasteiger partial charge < -0.3 is 10.6 Å². The maximum absolute atomic E-state index is 5.46. The minimum absolute atomic E-state index is 0.562. The second kappa shape index (κ2) is 4.54. The van der Waals surface area contributed by atoms with E-state index < -0.39 is 0 Å². The lowest BCUT2D eigenvalue weighted by Crippen LogP contribution is -2.14. The van der Waals surface area contributed by atoms with Crippen LogP contribution in [0.2, 0.25) is 0 Å². The molecule has 68 valence electrons. The number of rotatable bonds is 4. The Morgan fingerprint density at radius 1 is 1.58 bits per heavy atom. The van der Waals surface area contributed by atoms with Crippen molar-refractivity contribution in [1.82, 2.24) is 9.88 Å². The highest BCUT2D eigenvalue weighted by Crippen LogP contribution is 2.12. The predicted octanol–water partition coefficient (Wildman–Crippen LogP) is 0.706. The Kier molecular flexibility index (Phi) is 3.65. The monoisotopic (exact) mass is 185 g/mol. The summed E-state index contributed by atoms with van der Waals surface area (Å²) in [5, 5.41) is 1.03. The van der Waals surface area contributed by atoms with Gasteiger partial charge in [-0.05, 0) is 20.5 Å². The highest BCUT2D eigenvalue weighted by molar-refractivity contribution is 7.11. The quantitative estimate of drug-likeness (QED) is 0.751. The van der Waals surface area contributed by atoms with Gasteiger partial charge in [0.25, 0.3) is 0 Å². The number of thiazole rings is 1. The first-order valence-electron chi connectivity index (χ1n) is 4.00. The van der Waals surface area contributed by atoms with Crippen LogP contribution in [0.3, 0.4) is 0 Å². The van der Waals surface area contributed by atoms with Gasteiger partial charge in [-0.1, -0.05) is 0 Å². The first kappa shape index (κ1) is 9.64. The molecule has 1 aromatic heterocycles. The van der Waals surface area contributed by atoms with Crippen LogP contribution in [-0.4, -0.2) is 30.5 Å². The van der Waals surface area contributed by atoms with E-state index in [0.717, 1.165) is 18.0 Å². The Balaban J connectivity index is 2.41. The molecule has 0 spiro atoms. The van der Waals surface area contributed by atoms with Gasteiger partial charge >= 0.3 is 0 Å². The number of aromatic nitrogens is 1. The summed E-state index contributed by atoms with van der Waals surface area (Å²) >= 11 is 1.71. The van der Waals surface area contributed by atoms with Gasteiger partial charge in [-0.3, -0.25) is 0 Å². The summed E-state index contributed by atoms with van der Waals surface area (Å²) in [6.07, 6.45) is 3.00. The van der Waals surface area contributed by atoms with Gasteiger partial charge in [0.15, 0.2) is 0 Å². The van der Waals surface area contributed by atoms with Crippen molar-refractivity contribution >= 4 is 11.3 Å². The molecule has 0 aromatic carbocycles. The molecule has 0 amide bonds. The molecule has 0 saturated carbocycles. The molecule has 12 heavy (non-hydrogen) atoms. The molecule has 0 aliphatic rings. The third-order valence-corrected chi connectivity index (χ3v) is 2.66. The van der Waals surface area contributed by atoms with E-state index in [1.54, 1.807) is 11.3 Å². The van der Waals surface area contributed by atoms with E-state index in [1.165, 1.54) is 4.88 Å². The summed E-state index contributed by atoms with van der Waals surface area (Å²) in [7, 11) is 4.15. The second-order valence-corrected chi connectivity index (χ2v) is 4.18. The lowest BCUT2D eigenvalue weighted by atomic mass is 10.4. The lowest BCUT2D eigenvalue weighted by molar-refractivity contribution is 0.415. The fraction of sp³-hybridized carbons (Fsp3) is 0.625. The van der Waals surface area contributed by atoms with E-state index in [1.807, 2.05) is 6.20 Å². The van der Waals surface area contributed by atoms with E-state index in [4.69, 9.17) is 5.73 Å². The van der Waals surface area contributed by atoms with Gasteiger partial charge in [0.2, 0.25) is 0 Å². The van der Waals surface area contributed by atoms with E-state index in [9.17, 15) is 0 Å². The number of hydrogen-bond acceptors (Lipinski definition) is 4. The maximum atomic E-state index is 5.46. The van der Waals surface area contributed by atoms with Crippen molar-refractivity contribution in [2.45, 2.75) is 13.0 Å². The van der Waals surface area contributed by atoms with Crippen molar-refractivity contribution in [2.24, 2.45) is 5.73 Å². The van der Waals surface area contributed by atoms with Crippen molar-refractivity contribution < 1.29 is 0 Å². The minimum Gasteiger partial charge on any atom is -0.325 e. The molecule has 3 nitrogen and oxygen atoms in total. The Morgan fingerprint density at radius 3 is 2.83 bits per heavy atom. The molecule has 0 aliphatic heterocycles. The topological polar surface area (TPSA) is 42.2 Å². The number of nitrogens with zero attached hydrogens (tertiary/aromatic N) is 2. The van der Waals surface area contributed by atoms with Crippen molar-refractivity contribution in [2.75, 3.05) is 20.6 Å². The van der Waals surface area contributed by atoms with Crippen LogP contribution in [0.5, 0.6) is 0 Å². The molecular formula is C8H15N3S. The summed E-state index contributed by atoms with van der Waals surface area (Å²) < 4.78 is 0. The number of nitrogens with two attached hydrogens (primary N) is 1. The normalized spacial score (nSPS) is 11.0. The highest BCUT2D eigenvalue weighted by Gasteiger charge is 2.00. The summed E-state index contributed by atoms with van der Waals surface area (Å²) in [4.78, 5) is 7.68. The molecule has 1 heterocycles. The standard InChI is InChI=1S/C8H15N3S/c1-11(2)4-3-7-6-10-8(5-9)12-7/h6H,3-5,9H2,1-2H3. The molecule has 0 saturated heterocycles. The zero-order valence-electron chi connectivity index (χ0n) is 7.58. The molecular weight excluding hydrogens is 170 g/mol. The lowest BCUT2D eigenvalue weighted by Gasteiger charge is -2.06. The number of hydrogen-bond donors (Lipinski definition) is 1. The average molecular weight is 185 g/mol. The average Bonchev–Trinajstić information content (AvgIpc) is 2.48. The first-order chi connectivity index (χ1) is 5.72. The van der Waals surface area contributed by atoms with Crippen LogP contribution in [0.25, 0.3) is 0 Å². The van der Waals surface area contributed by atoms with Crippen LogP contribution < -0.4 is 5.73 Å². The molecule has 1 rings (SSSR count). The van der Waals surface area contributed by atoms with Crippen molar-refractivity contribution in [3.63, 3.8) is 0 Å². The van der Waals surface area contributed by atoms with Gasteiger partial charge in [0.05, 0.1) is 0 Å². The molecule has 4 heteroatoms. The van der Waals surface area contributed by atoms with Gasteiger partial charge in [-0.25, -0.2) is 4.98 Å². The fourth-order valence-corrected chi connectivity index (χ4v) is 1.68. The zero-order chi connectivity index (χ0) is 8.97. The van der Waals surface area contributed by atoms with E-state index in [0.29, 0.717) is 6.54 Å². The van der Waals surface area contributed by atoms with E-state index >= 15 is 0 Å². The van der Waals surface area contributed by atoms with Crippen LogP contribution >= 0.6 is 11.3 Å². The van der Waals surface area contributed by atoms with Crippen LogP contribution in [0, 0.1) is 0 Å². The molecule has 1 aromatic rings.